The van der Waals surface area contributed by atoms with E-state index in [0.717, 1.165) is 10.7 Å². The summed E-state index contributed by atoms with van der Waals surface area (Å²) < 4.78 is 99.0. The van der Waals surface area contributed by atoms with Gasteiger partial charge in [-0.05, 0) is 56.9 Å². The number of alkyl halides is 3. The van der Waals surface area contributed by atoms with Crippen LogP contribution in [0.1, 0.15) is 44.4 Å². The van der Waals surface area contributed by atoms with Crippen molar-refractivity contribution in [2.75, 3.05) is 13.1 Å². The fourth-order valence-corrected chi connectivity index (χ4v) is 7.56. The summed E-state index contributed by atoms with van der Waals surface area (Å²) in [4.78, 5) is -0.188. The van der Waals surface area contributed by atoms with Crippen LogP contribution in [0, 0.1) is 11.3 Å². The van der Waals surface area contributed by atoms with E-state index in [4.69, 9.17) is 0 Å². The summed E-state index contributed by atoms with van der Waals surface area (Å²) in [5, 5.41) is 17.2. The van der Waals surface area contributed by atoms with Crippen LogP contribution in [0.3, 0.4) is 0 Å². The van der Waals surface area contributed by atoms with E-state index in [9.17, 15) is 35.3 Å². The summed E-state index contributed by atoms with van der Waals surface area (Å²) in [6.07, 6.45) is -2.01. The molecule has 0 unspecified atom stereocenters. The molecule has 1 fully saturated rings. The van der Waals surface area contributed by atoms with E-state index in [1.807, 2.05) is 6.07 Å². The van der Waals surface area contributed by atoms with E-state index in [-0.39, 0.29) is 41.2 Å². The van der Waals surface area contributed by atoms with Crippen molar-refractivity contribution in [3.05, 3.63) is 35.5 Å². The first-order valence-corrected chi connectivity index (χ1v) is 15.7. The van der Waals surface area contributed by atoms with Crippen molar-refractivity contribution in [1.29, 1.82) is 5.26 Å². The summed E-state index contributed by atoms with van der Waals surface area (Å²) in [7, 11) is -4.81. The molecular weight excluding hydrogens is 583 g/mol. The topological polar surface area (TPSA) is 143 Å². The lowest BCUT2D eigenvalue weighted by Gasteiger charge is -2.28. The Hall–Kier alpha value is -3.26. The first-order chi connectivity index (χ1) is 19.0. The zero-order chi connectivity index (χ0) is 30.1. The number of halogens is 3. The molecule has 2 aromatic heterocycles. The van der Waals surface area contributed by atoms with Crippen LogP contribution < -0.4 is 4.72 Å². The zero-order valence-electron chi connectivity index (χ0n) is 22.7. The zero-order valence-corrected chi connectivity index (χ0v) is 24.3. The van der Waals surface area contributed by atoms with E-state index in [2.05, 4.69) is 14.9 Å². The van der Waals surface area contributed by atoms with Gasteiger partial charge in [0, 0.05) is 38.1 Å². The summed E-state index contributed by atoms with van der Waals surface area (Å²) in [5.74, 6) is 0. The molecule has 41 heavy (non-hydrogen) atoms. The van der Waals surface area contributed by atoms with E-state index in [0.29, 0.717) is 29.5 Å². The SMILES string of the molecule is CC(C)S(=O)(=O)N1CC=C(c2cc(S(=O)(=O)NC3(C#N)CC3)cc3c(-c4cc(C(F)(F)F)nn4C)nn(C)c23)CC1. The van der Waals surface area contributed by atoms with Gasteiger partial charge < -0.3 is 0 Å². The first kappa shape index (κ1) is 29.2. The maximum Gasteiger partial charge on any atom is 0.435 e. The minimum absolute atomic E-state index is 0.0268. The summed E-state index contributed by atoms with van der Waals surface area (Å²) in [6.45, 7) is 3.42. The number of benzene rings is 1. The Labute approximate surface area is 235 Å². The first-order valence-electron chi connectivity index (χ1n) is 12.7. The molecule has 5 rings (SSSR count). The standard InChI is InChI=1S/C25H28F3N7O4S2/c1-15(2)41(38,39)35-9-5-16(6-10-35)18-11-17(40(36,37)32-24(14-29)7-8-24)12-19-22(31-34(4)23(18)19)20-13-21(25(26,27)28)30-33(20)3/h5,11-13,15,32H,6-10H2,1-4H3. The Bertz CT molecular complexity index is 1850. The quantitative estimate of drug-likeness (QED) is 0.432. The third kappa shape index (κ3) is 5.16. The second-order valence-corrected chi connectivity index (χ2v) is 14.8. The smallest absolute Gasteiger partial charge is 0.267 e. The van der Waals surface area contributed by atoms with Crippen LogP contribution >= 0.6 is 0 Å². The predicted octanol–water partition coefficient (Wildman–Crippen LogP) is 3.15. The van der Waals surface area contributed by atoms with Gasteiger partial charge in [0.15, 0.2) is 5.69 Å². The number of nitrogens with one attached hydrogen (secondary N) is 1. The molecule has 16 heteroatoms. The number of hydrogen-bond donors (Lipinski definition) is 1. The molecular formula is C25H28F3N7O4S2. The van der Waals surface area contributed by atoms with Crippen LogP contribution in [0.25, 0.3) is 27.9 Å². The lowest BCUT2D eigenvalue weighted by molar-refractivity contribution is -0.141. The summed E-state index contributed by atoms with van der Waals surface area (Å²) >= 11 is 0. The molecule has 3 aromatic rings. The van der Waals surface area contributed by atoms with E-state index in [1.165, 1.54) is 28.2 Å². The number of hydrogen-bond acceptors (Lipinski definition) is 7. The Morgan fingerprint density at radius 3 is 2.27 bits per heavy atom. The lowest BCUT2D eigenvalue weighted by atomic mass is 9.97. The maximum atomic E-state index is 13.5. The number of fused-ring (bicyclic) bond motifs is 1. The highest BCUT2D eigenvalue weighted by atomic mass is 32.2. The Morgan fingerprint density at radius 1 is 1.07 bits per heavy atom. The van der Waals surface area contributed by atoms with E-state index < -0.39 is 42.7 Å². The monoisotopic (exact) mass is 611 g/mol. The minimum Gasteiger partial charge on any atom is -0.267 e. The van der Waals surface area contributed by atoms with Gasteiger partial charge in [0.2, 0.25) is 20.0 Å². The molecule has 0 spiro atoms. The highest BCUT2D eigenvalue weighted by Crippen LogP contribution is 2.40. The third-order valence-corrected chi connectivity index (χ3v) is 11.2. The van der Waals surface area contributed by atoms with Crippen molar-refractivity contribution in [1.82, 2.24) is 28.6 Å². The van der Waals surface area contributed by atoms with Gasteiger partial charge in [0.05, 0.1) is 27.4 Å². The van der Waals surface area contributed by atoms with Crippen LogP contribution in [0.15, 0.2) is 29.2 Å². The van der Waals surface area contributed by atoms with Crippen LogP contribution in [-0.2, 0) is 40.3 Å². The third-order valence-electron chi connectivity index (χ3n) is 7.40. The van der Waals surface area contributed by atoms with Crippen LogP contribution in [-0.4, -0.2) is 64.6 Å². The number of nitrogens with zero attached hydrogens (tertiary/aromatic N) is 6. The van der Waals surface area contributed by atoms with Gasteiger partial charge in [0.25, 0.3) is 0 Å². The van der Waals surface area contributed by atoms with E-state index >= 15 is 0 Å². The molecule has 0 saturated heterocycles. The summed E-state index contributed by atoms with van der Waals surface area (Å²) in [6, 6.07) is 5.61. The number of aromatic nitrogens is 4. The molecule has 1 saturated carbocycles. The molecule has 3 heterocycles. The molecule has 0 bridgehead atoms. The number of rotatable bonds is 7. The second kappa shape index (κ2) is 9.65. The molecule has 0 atom stereocenters. The maximum absolute atomic E-state index is 13.5. The van der Waals surface area contributed by atoms with Gasteiger partial charge in [-0.25, -0.2) is 16.8 Å². The fraction of sp³-hybridized carbons (Fsp3) is 0.480. The molecule has 1 aliphatic carbocycles. The Morgan fingerprint density at radius 2 is 1.76 bits per heavy atom. The minimum atomic E-state index is -4.70. The molecule has 0 amide bonds. The average molecular weight is 612 g/mol. The van der Waals surface area contributed by atoms with Crippen LogP contribution in [0.2, 0.25) is 0 Å². The van der Waals surface area contributed by atoms with Crippen molar-refractivity contribution in [3.8, 4) is 17.5 Å². The van der Waals surface area contributed by atoms with E-state index in [1.54, 1.807) is 27.0 Å². The molecule has 2 aliphatic rings. The molecule has 1 aliphatic heterocycles. The molecule has 1 N–H and O–H groups in total. The van der Waals surface area contributed by atoms with Gasteiger partial charge in [-0.1, -0.05) is 6.08 Å². The number of nitriles is 1. The Kier molecular flexibility index (Phi) is 6.88. The average Bonchev–Trinajstić information content (AvgIpc) is 3.42. The molecule has 1 aromatic carbocycles. The Balaban J connectivity index is 1.71. The molecule has 11 nitrogen and oxygen atoms in total. The highest BCUT2D eigenvalue weighted by molar-refractivity contribution is 7.89. The fourth-order valence-electron chi connectivity index (χ4n) is 4.91. The van der Waals surface area contributed by atoms with Crippen molar-refractivity contribution >= 4 is 36.5 Å². The van der Waals surface area contributed by atoms with Gasteiger partial charge in [-0.2, -0.15) is 37.7 Å². The largest absolute Gasteiger partial charge is 0.435 e. The van der Waals surface area contributed by atoms with Gasteiger partial charge in [0.1, 0.15) is 11.2 Å². The van der Waals surface area contributed by atoms with Crippen molar-refractivity contribution < 1.29 is 30.0 Å². The number of sulfonamides is 2. The van der Waals surface area contributed by atoms with Crippen LogP contribution in [0.4, 0.5) is 13.2 Å². The van der Waals surface area contributed by atoms with Crippen LogP contribution in [0.5, 0.6) is 0 Å². The van der Waals surface area contributed by atoms with Crippen molar-refractivity contribution in [3.63, 3.8) is 0 Å². The predicted molar refractivity (Wildman–Crippen MR) is 144 cm³/mol. The van der Waals surface area contributed by atoms with Gasteiger partial charge in [-0.3, -0.25) is 9.36 Å². The highest BCUT2D eigenvalue weighted by Gasteiger charge is 2.47. The lowest BCUT2D eigenvalue weighted by Crippen LogP contribution is -2.39. The van der Waals surface area contributed by atoms with Gasteiger partial charge >= 0.3 is 6.18 Å². The molecule has 0 radical (unpaired) electrons. The van der Waals surface area contributed by atoms with Crippen molar-refractivity contribution in [2.45, 2.75) is 55.0 Å². The van der Waals surface area contributed by atoms with Crippen molar-refractivity contribution in [2.24, 2.45) is 14.1 Å². The summed E-state index contributed by atoms with van der Waals surface area (Å²) in [5.41, 5.74) is -0.630. The second-order valence-electron chi connectivity index (χ2n) is 10.6. The normalized spacial score (nSPS) is 18.1. The number of aryl methyl sites for hydroxylation is 2. The van der Waals surface area contributed by atoms with Gasteiger partial charge in [-0.15, -0.1) is 0 Å². The molecule has 220 valence electrons.